The van der Waals surface area contributed by atoms with Crippen LogP contribution in [0, 0.1) is 5.92 Å². The molecule has 0 saturated carbocycles. The highest BCUT2D eigenvalue weighted by Crippen LogP contribution is 1.99. The Morgan fingerprint density at radius 1 is 1.64 bits per heavy atom. The maximum atomic E-state index is 10.9. The maximum Gasteiger partial charge on any atom is 0.279 e. The summed E-state index contributed by atoms with van der Waals surface area (Å²) in [7, 11) is 0. The first-order valence-corrected chi connectivity index (χ1v) is 4.76. The zero-order valence-corrected chi connectivity index (χ0v) is 7.91. The van der Waals surface area contributed by atoms with Crippen LogP contribution in [0.1, 0.15) is 13.8 Å². The van der Waals surface area contributed by atoms with Crippen molar-refractivity contribution in [2.75, 3.05) is 18.8 Å². The SMILES string of the molecule is CC(C)CNC(=O)SCCN. The molecule has 3 N–H and O–H groups in total. The molecule has 0 aliphatic rings. The van der Waals surface area contributed by atoms with Crippen molar-refractivity contribution in [3.63, 3.8) is 0 Å². The van der Waals surface area contributed by atoms with Gasteiger partial charge in [0.2, 0.25) is 0 Å². The van der Waals surface area contributed by atoms with E-state index in [1.807, 2.05) is 0 Å². The van der Waals surface area contributed by atoms with Crippen LogP contribution in [0.4, 0.5) is 4.79 Å². The average molecular weight is 176 g/mol. The second kappa shape index (κ2) is 6.49. The molecular formula is C7H16N2OS. The largest absolute Gasteiger partial charge is 0.347 e. The van der Waals surface area contributed by atoms with Crippen LogP contribution >= 0.6 is 11.8 Å². The van der Waals surface area contributed by atoms with Gasteiger partial charge in [0.25, 0.3) is 5.24 Å². The van der Waals surface area contributed by atoms with Crippen molar-refractivity contribution in [2.24, 2.45) is 11.7 Å². The molecule has 1 amide bonds. The highest BCUT2D eigenvalue weighted by atomic mass is 32.2. The summed E-state index contributed by atoms with van der Waals surface area (Å²) in [5, 5.41) is 2.82. The van der Waals surface area contributed by atoms with Crippen LogP contribution in [0.25, 0.3) is 0 Å². The zero-order valence-electron chi connectivity index (χ0n) is 7.09. The molecule has 0 aromatic heterocycles. The van der Waals surface area contributed by atoms with Gasteiger partial charge in [-0.05, 0) is 5.92 Å². The molecule has 0 aromatic rings. The first kappa shape index (κ1) is 10.8. The van der Waals surface area contributed by atoms with Gasteiger partial charge in [-0.1, -0.05) is 25.6 Å². The number of nitrogens with one attached hydrogen (secondary N) is 1. The third kappa shape index (κ3) is 7.68. The van der Waals surface area contributed by atoms with E-state index in [1.54, 1.807) is 0 Å². The smallest absolute Gasteiger partial charge is 0.279 e. The van der Waals surface area contributed by atoms with Crippen molar-refractivity contribution in [2.45, 2.75) is 13.8 Å². The molecule has 0 aliphatic carbocycles. The number of hydrogen-bond donors (Lipinski definition) is 2. The normalized spacial score (nSPS) is 10.2. The van der Waals surface area contributed by atoms with E-state index in [-0.39, 0.29) is 5.24 Å². The first-order chi connectivity index (χ1) is 5.16. The van der Waals surface area contributed by atoms with Crippen molar-refractivity contribution in [3.05, 3.63) is 0 Å². The lowest BCUT2D eigenvalue weighted by atomic mass is 10.2. The predicted molar refractivity (Wildman–Crippen MR) is 49.7 cm³/mol. The summed E-state index contributed by atoms with van der Waals surface area (Å²) in [6.45, 7) is 5.43. The average Bonchev–Trinajstić information content (AvgIpc) is 1.97. The molecular weight excluding hydrogens is 160 g/mol. The molecule has 0 heterocycles. The van der Waals surface area contributed by atoms with Crippen molar-refractivity contribution in [1.29, 1.82) is 0 Å². The van der Waals surface area contributed by atoms with Crippen LogP contribution < -0.4 is 11.1 Å². The number of carbonyl (C=O) groups excluding carboxylic acids is 1. The van der Waals surface area contributed by atoms with Gasteiger partial charge in [0, 0.05) is 18.8 Å². The van der Waals surface area contributed by atoms with Gasteiger partial charge in [-0.3, -0.25) is 4.79 Å². The van der Waals surface area contributed by atoms with Gasteiger partial charge in [0.05, 0.1) is 0 Å². The monoisotopic (exact) mass is 176 g/mol. The predicted octanol–water partition coefficient (Wildman–Crippen LogP) is 1.04. The molecule has 0 saturated heterocycles. The van der Waals surface area contributed by atoms with E-state index >= 15 is 0 Å². The van der Waals surface area contributed by atoms with Crippen molar-refractivity contribution in [1.82, 2.24) is 5.32 Å². The second-order valence-electron chi connectivity index (χ2n) is 2.70. The molecule has 0 aliphatic heterocycles. The first-order valence-electron chi connectivity index (χ1n) is 3.77. The molecule has 0 fully saturated rings. The fraction of sp³-hybridized carbons (Fsp3) is 0.857. The van der Waals surface area contributed by atoms with E-state index < -0.39 is 0 Å². The second-order valence-corrected chi connectivity index (χ2v) is 3.77. The molecule has 0 rings (SSSR count). The van der Waals surface area contributed by atoms with E-state index in [0.717, 1.165) is 6.54 Å². The summed E-state index contributed by atoms with van der Waals surface area (Å²) in [6, 6.07) is 0. The molecule has 0 atom stereocenters. The molecule has 0 unspecified atom stereocenters. The van der Waals surface area contributed by atoms with Crippen LogP contribution in [0.2, 0.25) is 0 Å². The van der Waals surface area contributed by atoms with Crippen molar-refractivity contribution in [3.8, 4) is 0 Å². The van der Waals surface area contributed by atoms with E-state index in [9.17, 15) is 4.79 Å². The zero-order chi connectivity index (χ0) is 8.69. The lowest BCUT2D eigenvalue weighted by Crippen LogP contribution is -2.24. The Kier molecular flexibility index (Phi) is 6.36. The maximum absolute atomic E-state index is 10.9. The van der Waals surface area contributed by atoms with Crippen LogP contribution in [0.15, 0.2) is 0 Å². The third-order valence-corrected chi connectivity index (χ3v) is 1.85. The minimum Gasteiger partial charge on any atom is -0.347 e. The van der Waals surface area contributed by atoms with Crippen molar-refractivity contribution < 1.29 is 4.79 Å². The molecule has 3 nitrogen and oxygen atoms in total. The quantitative estimate of drug-likeness (QED) is 0.673. The van der Waals surface area contributed by atoms with E-state index in [2.05, 4.69) is 19.2 Å². The van der Waals surface area contributed by atoms with Gasteiger partial charge < -0.3 is 11.1 Å². The van der Waals surface area contributed by atoms with Crippen LogP contribution in [-0.2, 0) is 0 Å². The molecule has 4 heteroatoms. The van der Waals surface area contributed by atoms with E-state index in [0.29, 0.717) is 18.2 Å². The Morgan fingerprint density at radius 3 is 2.73 bits per heavy atom. The number of amides is 1. The van der Waals surface area contributed by atoms with Crippen LogP contribution in [-0.4, -0.2) is 24.1 Å². The summed E-state index contributed by atoms with van der Waals surface area (Å²) in [4.78, 5) is 10.9. The van der Waals surface area contributed by atoms with Gasteiger partial charge in [-0.25, -0.2) is 0 Å². The molecule has 11 heavy (non-hydrogen) atoms. The number of carbonyl (C=O) groups is 1. The minimum atomic E-state index is 0.0316. The highest BCUT2D eigenvalue weighted by Gasteiger charge is 2.00. The van der Waals surface area contributed by atoms with Gasteiger partial charge in [-0.2, -0.15) is 0 Å². The van der Waals surface area contributed by atoms with E-state index in [4.69, 9.17) is 5.73 Å². The van der Waals surface area contributed by atoms with Gasteiger partial charge in [0.1, 0.15) is 0 Å². The Balaban J connectivity index is 3.23. The van der Waals surface area contributed by atoms with E-state index in [1.165, 1.54) is 11.8 Å². The fourth-order valence-electron chi connectivity index (χ4n) is 0.490. The Morgan fingerprint density at radius 2 is 2.27 bits per heavy atom. The number of nitrogens with two attached hydrogens (primary N) is 1. The Hall–Kier alpha value is -0.220. The summed E-state index contributed by atoms with van der Waals surface area (Å²) < 4.78 is 0. The summed E-state index contributed by atoms with van der Waals surface area (Å²) >= 11 is 1.24. The van der Waals surface area contributed by atoms with Crippen molar-refractivity contribution >= 4 is 17.0 Å². The van der Waals surface area contributed by atoms with Gasteiger partial charge in [0.15, 0.2) is 0 Å². The molecule has 0 radical (unpaired) electrons. The summed E-state index contributed by atoms with van der Waals surface area (Å²) in [5.74, 6) is 1.21. The molecule has 0 spiro atoms. The number of rotatable bonds is 4. The molecule has 66 valence electrons. The lowest BCUT2D eigenvalue weighted by molar-refractivity contribution is 0.259. The summed E-state index contributed by atoms with van der Waals surface area (Å²) in [6.07, 6.45) is 0. The van der Waals surface area contributed by atoms with Crippen LogP contribution in [0.3, 0.4) is 0 Å². The molecule has 0 aromatic carbocycles. The Labute approximate surface area is 72.1 Å². The Bertz CT molecular complexity index is 117. The van der Waals surface area contributed by atoms with Gasteiger partial charge in [-0.15, -0.1) is 0 Å². The molecule has 0 bridgehead atoms. The fourth-order valence-corrected chi connectivity index (χ4v) is 0.979. The standard InChI is InChI=1S/C7H16N2OS/c1-6(2)5-9-7(10)11-4-3-8/h6H,3-5,8H2,1-2H3,(H,9,10). The number of thioether (sulfide) groups is 1. The third-order valence-electron chi connectivity index (χ3n) is 1.01. The highest BCUT2D eigenvalue weighted by molar-refractivity contribution is 8.13. The van der Waals surface area contributed by atoms with Crippen LogP contribution in [0.5, 0.6) is 0 Å². The topological polar surface area (TPSA) is 55.1 Å². The lowest BCUT2D eigenvalue weighted by Gasteiger charge is -2.05. The minimum absolute atomic E-state index is 0.0316. The summed E-state index contributed by atoms with van der Waals surface area (Å²) in [5.41, 5.74) is 5.23. The number of hydrogen-bond acceptors (Lipinski definition) is 3. The van der Waals surface area contributed by atoms with Gasteiger partial charge >= 0.3 is 0 Å².